The summed E-state index contributed by atoms with van der Waals surface area (Å²) >= 11 is 0. The molecule has 1 atom stereocenters. The van der Waals surface area contributed by atoms with E-state index in [0.29, 0.717) is 6.04 Å². The molecule has 0 bridgehead atoms. The molecule has 1 aliphatic rings. The van der Waals surface area contributed by atoms with Crippen LogP contribution in [-0.4, -0.2) is 11.5 Å². The zero-order chi connectivity index (χ0) is 12.1. The second kappa shape index (κ2) is 5.97. The number of allylic oxidation sites excluding steroid dienone is 1. The molecular weight excluding hydrogens is 208 g/mol. The van der Waals surface area contributed by atoms with Gasteiger partial charge in [0, 0.05) is 12.4 Å². The predicted octanol–water partition coefficient (Wildman–Crippen LogP) is 3.54. The highest BCUT2D eigenvalue weighted by Crippen LogP contribution is 2.29. The molecule has 0 radical (unpaired) electrons. The number of aromatic nitrogens is 1. The summed E-state index contributed by atoms with van der Waals surface area (Å²) in [5.74, 6) is 0. The topological polar surface area (TPSA) is 24.9 Å². The van der Waals surface area contributed by atoms with Gasteiger partial charge in [0.1, 0.15) is 0 Å². The SMILES string of the molecule is CCNC(C1=CCCCC1)c1cncc(C)c1. The standard InChI is InChI=1S/C15H22N2/c1-3-17-15(13-7-5-4-6-8-13)14-9-12(2)10-16-11-14/h7,9-11,15,17H,3-6,8H2,1-2H3. The molecule has 0 aromatic carbocycles. The largest absolute Gasteiger partial charge is 0.307 e. The van der Waals surface area contributed by atoms with E-state index in [9.17, 15) is 0 Å². The highest BCUT2D eigenvalue weighted by atomic mass is 14.9. The van der Waals surface area contributed by atoms with Gasteiger partial charge in [-0.05, 0) is 50.3 Å². The maximum atomic E-state index is 4.31. The van der Waals surface area contributed by atoms with E-state index in [-0.39, 0.29) is 0 Å². The van der Waals surface area contributed by atoms with Crippen molar-refractivity contribution < 1.29 is 0 Å². The molecule has 1 aromatic rings. The third kappa shape index (κ3) is 3.16. The zero-order valence-corrected chi connectivity index (χ0v) is 10.9. The van der Waals surface area contributed by atoms with E-state index < -0.39 is 0 Å². The number of nitrogens with one attached hydrogen (secondary N) is 1. The molecule has 1 heterocycles. The fourth-order valence-electron chi connectivity index (χ4n) is 2.53. The van der Waals surface area contributed by atoms with Crippen LogP contribution in [0.25, 0.3) is 0 Å². The van der Waals surface area contributed by atoms with Crippen LogP contribution < -0.4 is 5.32 Å². The maximum Gasteiger partial charge on any atom is 0.0551 e. The number of nitrogens with zero attached hydrogens (tertiary/aromatic N) is 1. The highest BCUT2D eigenvalue weighted by Gasteiger charge is 2.17. The van der Waals surface area contributed by atoms with E-state index in [1.54, 1.807) is 5.57 Å². The van der Waals surface area contributed by atoms with Crippen LogP contribution in [0.4, 0.5) is 0 Å². The van der Waals surface area contributed by atoms with E-state index in [1.165, 1.54) is 36.8 Å². The monoisotopic (exact) mass is 230 g/mol. The molecule has 2 rings (SSSR count). The Bertz CT molecular complexity index is 396. The van der Waals surface area contributed by atoms with Gasteiger partial charge in [-0.1, -0.05) is 24.6 Å². The molecular formula is C15H22N2. The van der Waals surface area contributed by atoms with Crippen molar-refractivity contribution in [2.45, 2.75) is 45.6 Å². The van der Waals surface area contributed by atoms with Gasteiger partial charge in [-0.15, -0.1) is 0 Å². The maximum absolute atomic E-state index is 4.31. The van der Waals surface area contributed by atoms with E-state index in [1.807, 2.05) is 12.4 Å². The molecule has 0 spiro atoms. The van der Waals surface area contributed by atoms with E-state index in [4.69, 9.17) is 0 Å². The molecule has 0 aliphatic heterocycles. The number of aryl methyl sites for hydroxylation is 1. The van der Waals surface area contributed by atoms with Crippen molar-refractivity contribution in [2.75, 3.05) is 6.54 Å². The first-order valence-corrected chi connectivity index (χ1v) is 6.65. The Labute approximate surface area is 104 Å². The first-order chi connectivity index (χ1) is 8.31. The number of hydrogen-bond acceptors (Lipinski definition) is 2. The van der Waals surface area contributed by atoms with Gasteiger partial charge < -0.3 is 5.32 Å². The van der Waals surface area contributed by atoms with Crippen molar-refractivity contribution in [1.82, 2.24) is 10.3 Å². The summed E-state index contributed by atoms with van der Waals surface area (Å²) in [6.45, 7) is 5.27. The van der Waals surface area contributed by atoms with Gasteiger partial charge in [0.15, 0.2) is 0 Å². The second-order valence-corrected chi connectivity index (χ2v) is 4.81. The number of hydrogen-bond donors (Lipinski definition) is 1. The van der Waals surface area contributed by atoms with Crippen LogP contribution in [0.15, 0.2) is 30.1 Å². The van der Waals surface area contributed by atoms with Crippen molar-refractivity contribution in [2.24, 2.45) is 0 Å². The van der Waals surface area contributed by atoms with Crippen molar-refractivity contribution in [3.8, 4) is 0 Å². The minimum Gasteiger partial charge on any atom is -0.307 e. The van der Waals surface area contributed by atoms with Gasteiger partial charge >= 0.3 is 0 Å². The molecule has 1 aliphatic carbocycles. The summed E-state index contributed by atoms with van der Waals surface area (Å²) in [4.78, 5) is 4.31. The summed E-state index contributed by atoms with van der Waals surface area (Å²) < 4.78 is 0. The van der Waals surface area contributed by atoms with Crippen molar-refractivity contribution >= 4 is 0 Å². The van der Waals surface area contributed by atoms with Crippen LogP contribution in [0.2, 0.25) is 0 Å². The van der Waals surface area contributed by atoms with Crippen LogP contribution in [0.5, 0.6) is 0 Å². The molecule has 92 valence electrons. The lowest BCUT2D eigenvalue weighted by Gasteiger charge is -2.24. The van der Waals surface area contributed by atoms with Gasteiger partial charge in [0.25, 0.3) is 0 Å². The lowest BCUT2D eigenvalue weighted by molar-refractivity contribution is 0.562. The normalized spacial score (nSPS) is 17.6. The second-order valence-electron chi connectivity index (χ2n) is 4.81. The van der Waals surface area contributed by atoms with E-state index in [0.717, 1.165) is 6.54 Å². The highest BCUT2D eigenvalue weighted by molar-refractivity contribution is 5.29. The molecule has 1 unspecified atom stereocenters. The number of likely N-dealkylation sites (N-methyl/N-ethyl adjacent to an activating group) is 1. The lowest BCUT2D eigenvalue weighted by Crippen LogP contribution is -2.23. The zero-order valence-electron chi connectivity index (χ0n) is 10.9. The van der Waals surface area contributed by atoms with Crippen LogP contribution in [0, 0.1) is 6.92 Å². The molecule has 2 nitrogen and oxygen atoms in total. The molecule has 1 aromatic heterocycles. The van der Waals surface area contributed by atoms with Crippen LogP contribution in [0.3, 0.4) is 0 Å². The number of rotatable bonds is 4. The Morgan fingerprint density at radius 2 is 2.24 bits per heavy atom. The van der Waals surface area contributed by atoms with Gasteiger partial charge in [-0.3, -0.25) is 4.98 Å². The molecule has 0 saturated heterocycles. The first kappa shape index (κ1) is 12.3. The van der Waals surface area contributed by atoms with E-state index in [2.05, 4.69) is 36.3 Å². The van der Waals surface area contributed by atoms with Crippen molar-refractivity contribution in [1.29, 1.82) is 0 Å². The fourth-order valence-corrected chi connectivity index (χ4v) is 2.53. The smallest absolute Gasteiger partial charge is 0.0551 e. The predicted molar refractivity (Wildman–Crippen MR) is 71.9 cm³/mol. The molecule has 0 saturated carbocycles. The van der Waals surface area contributed by atoms with Gasteiger partial charge in [-0.2, -0.15) is 0 Å². The van der Waals surface area contributed by atoms with E-state index >= 15 is 0 Å². The minimum absolute atomic E-state index is 0.368. The molecule has 17 heavy (non-hydrogen) atoms. The molecule has 0 fully saturated rings. The van der Waals surface area contributed by atoms with Gasteiger partial charge in [0.05, 0.1) is 6.04 Å². The average Bonchev–Trinajstić information content (AvgIpc) is 2.37. The Morgan fingerprint density at radius 3 is 2.88 bits per heavy atom. The molecule has 0 amide bonds. The average molecular weight is 230 g/mol. The van der Waals surface area contributed by atoms with Crippen LogP contribution in [-0.2, 0) is 0 Å². The van der Waals surface area contributed by atoms with Gasteiger partial charge in [-0.25, -0.2) is 0 Å². The van der Waals surface area contributed by atoms with Crippen molar-refractivity contribution in [3.63, 3.8) is 0 Å². The third-order valence-electron chi connectivity index (χ3n) is 3.33. The summed E-state index contributed by atoms with van der Waals surface area (Å²) in [7, 11) is 0. The fraction of sp³-hybridized carbons (Fsp3) is 0.533. The summed E-state index contributed by atoms with van der Waals surface area (Å²) in [6, 6.07) is 2.61. The Morgan fingerprint density at radius 1 is 1.35 bits per heavy atom. The Kier molecular flexibility index (Phi) is 4.32. The van der Waals surface area contributed by atoms with Gasteiger partial charge in [0.2, 0.25) is 0 Å². The summed E-state index contributed by atoms with van der Waals surface area (Å²) in [6.07, 6.45) is 11.5. The number of pyridine rings is 1. The summed E-state index contributed by atoms with van der Waals surface area (Å²) in [5, 5.41) is 3.59. The van der Waals surface area contributed by atoms with Crippen LogP contribution in [0.1, 0.15) is 49.8 Å². The lowest BCUT2D eigenvalue weighted by atomic mass is 9.90. The summed E-state index contributed by atoms with van der Waals surface area (Å²) in [5.41, 5.74) is 4.09. The Hall–Kier alpha value is -1.15. The third-order valence-corrected chi connectivity index (χ3v) is 3.33. The van der Waals surface area contributed by atoms with Crippen LogP contribution >= 0.6 is 0 Å². The minimum atomic E-state index is 0.368. The van der Waals surface area contributed by atoms with Crippen molar-refractivity contribution in [3.05, 3.63) is 41.2 Å². The Balaban J connectivity index is 2.24. The first-order valence-electron chi connectivity index (χ1n) is 6.65. The quantitative estimate of drug-likeness (QED) is 0.800. The molecule has 1 N–H and O–H groups in total. The molecule has 2 heteroatoms.